The van der Waals surface area contributed by atoms with Crippen molar-refractivity contribution in [2.75, 3.05) is 26.4 Å². The molecule has 0 saturated carbocycles. The molecule has 14 nitrogen and oxygen atoms in total. The number of carbonyl (C=O) groups excluding carboxylic acids is 1. The summed E-state index contributed by atoms with van der Waals surface area (Å²) >= 11 is 0. The molecule has 1 amide bonds. The number of amidine groups is 1. The predicted octanol–water partition coefficient (Wildman–Crippen LogP) is 1.97. The normalized spacial score (nSPS) is 11.7. The van der Waals surface area contributed by atoms with Gasteiger partial charge in [-0.2, -0.15) is 0 Å². The number of nitrogens with two attached hydrogens (primary N) is 1. The number of aliphatic hydroxyl groups is 1. The summed E-state index contributed by atoms with van der Waals surface area (Å²) in [7, 11) is 0. The second-order valence-corrected chi connectivity index (χ2v) is 9.51. The van der Waals surface area contributed by atoms with Gasteiger partial charge in [-0.1, -0.05) is 0 Å². The van der Waals surface area contributed by atoms with E-state index in [-0.39, 0.29) is 71.6 Å². The molecule has 43 heavy (non-hydrogen) atoms. The van der Waals surface area contributed by atoms with Crippen molar-refractivity contribution in [2.24, 2.45) is 5.73 Å². The average molecular weight is 592 g/mol. The van der Waals surface area contributed by atoms with Crippen LogP contribution in [0.2, 0.25) is 0 Å². The standard InChI is InChI=1S/C29H29N5O9/c30-26(31)14-1-3-21-22(12-14)34-27(33-21)20-11-16(17(29(41)42)13-24(37)38)10-19(25(20)39)18-9-15(2-4-23(18)36)28(40)32-5-7-43-8-6-35/h1-4,9-12,17,35-36,39H,5-8,13H2,(H3,30,31)(H,32,40)(H,33,34)(H,37,38)(H,41,42). The van der Waals surface area contributed by atoms with Crippen LogP contribution in [0.3, 0.4) is 0 Å². The topological polar surface area (TPSA) is 252 Å². The van der Waals surface area contributed by atoms with Gasteiger partial charge in [0.1, 0.15) is 23.2 Å². The number of phenols is 2. The molecular formula is C29H29N5O9. The van der Waals surface area contributed by atoms with Gasteiger partial charge >= 0.3 is 11.9 Å². The fourth-order valence-corrected chi connectivity index (χ4v) is 4.47. The van der Waals surface area contributed by atoms with Crippen LogP contribution < -0.4 is 11.1 Å². The molecule has 0 aliphatic rings. The first-order valence-corrected chi connectivity index (χ1v) is 13.0. The number of aliphatic carboxylic acids is 2. The highest BCUT2D eigenvalue weighted by molar-refractivity contribution is 5.99. The third-order valence-electron chi connectivity index (χ3n) is 6.58. The number of carboxylic acid groups (broad SMARTS) is 2. The first kappa shape index (κ1) is 30.5. The Morgan fingerprint density at radius 2 is 1.70 bits per heavy atom. The highest BCUT2D eigenvalue weighted by Crippen LogP contribution is 2.44. The number of ether oxygens (including phenoxy) is 1. The van der Waals surface area contributed by atoms with Crippen LogP contribution >= 0.6 is 0 Å². The lowest BCUT2D eigenvalue weighted by molar-refractivity contribution is -0.145. The number of carbonyl (C=O) groups is 3. The largest absolute Gasteiger partial charge is 0.507 e. The van der Waals surface area contributed by atoms with Gasteiger partial charge in [-0.25, -0.2) is 4.98 Å². The molecule has 4 aromatic rings. The third kappa shape index (κ3) is 6.89. The number of nitrogens with one attached hydrogen (secondary N) is 3. The van der Waals surface area contributed by atoms with Crippen LogP contribution in [-0.4, -0.2) is 85.5 Å². The maximum absolute atomic E-state index is 12.8. The molecule has 1 heterocycles. The molecule has 0 radical (unpaired) electrons. The number of carboxylic acids is 2. The van der Waals surface area contributed by atoms with Crippen LogP contribution in [0.15, 0.2) is 48.5 Å². The zero-order valence-electron chi connectivity index (χ0n) is 22.6. The van der Waals surface area contributed by atoms with Gasteiger partial charge in [0.2, 0.25) is 0 Å². The second-order valence-electron chi connectivity index (χ2n) is 9.51. The van der Waals surface area contributed by atoms with Gasteiger partial charge in [0.25, 0.3) is 5.91 Å². The Morgan fingerprint density at radius 3 is 2.37 bits per heavy atom. The number of H-pyrrole nitrogens is 1. The number of benzene rings is 3. The van der Waals surface area contributed by atoms with Crippen molar-refractivity contribution in [3.05, 3.63) is 65.2 Å². The molecular weight excluding hydrogens is 562 g/mol. The number of fused-ring (bicyclic) bond motifs is 1. The van der Waals surface area contributed by atoms with E-state index in [0.29, 0.717) is 16.6 Å². The van der Waals surface area contributed by atoms with E-state index in [9.17, 15) is 34.8 Å². The number of hydrogen-bond donors (Lipinski definition) is 9. The monoisotopic (exact) mass is 591 g/mol. The van der Waals surface area contributed by atoms with E-state index in [1.807, 2.05) is 0 Å². The zero-order chi connectivity index (χ0) is 31.3. The highest BCUT2D eigenvalue weighted by Gasteiger charge is 2.28. The average Bonchev–Trinajstić information content (AvgIpc) is 3.39. The Bertz CT molecular complexity index is 1720. The molecule has 224 valence electrons. The molecule has 1 unspecified atom stereocenters. The van der Waals surface area contributed by atoms with Gasteiger partial charge in [0.05, 0.1) is 48.8 Å². The Morgan fingerprint density at radius 1 is 0.977 bits per heavy atom. The molecule has 0 aliphatic carbocycles. The lowest BCUT2D eigenvalue weighted by atomic mass is 9.89. The molecule has 0 aliphatic heterocycles. The Hall–Kier alpha value is -5.47. The number of aliphatic hydroxyl groups excluding tert-OH is 1. The number of rotatable bonds is 13. The molecule has 0 saturated heterocycles. The van der Waals surface area contributed by atoms with Crippen molar-refractivity contribution in [2.45, 2.75) is 12.3 Å². The van der Waals surface area contributed by atoms with Gasteiger partial charge in [-0.3, -0.25) is 19.8 Å². The Labute approximate surface area is 243 Å². The first-order valence-electron chi connectivity index (χ1n) is 13.0. The maximum atomic E-state index is 12.8. The Kier molecular flexibility index (Phi) is 9.23. The van der Waals surface area contributed by atoms with Gasteiger partial charge in [0.15, 0.2) is 0 Å². The van der Waals surface area contributed by atoms with Crippen molar-refractivity contribution in [1.29, 1.82) is 5.41 Å². The van der Waals surface area contributed by atoms with Crippen molar-refractivity contribution in [1.82, 2.24) is 15.3 Å². The fraction of sp³-hybridized carbons (Fsp3) is 0.207. The molecule has 3 aromatic carbocycles. The number of phenolic OH excluding ortho intramolecular Hbond substituents is 2. The van der Waals surface area contributed by atoms with E-state index in [4.69, 9.17) is 21.0 Å². The van der Waals surface area contributed by atoms with Gasteiger partial charge in [-0.05, 0) is 54.1 Å². The SMILES string of the molecule is N=C(N)c1ccc2[nH]c(-c3cc(C(CC(=O)O)C(=O)O)cc(-c4cc(C(=O)NCCOCCO)ccc4O)c3O)nc2c1. The molecule has 1 aromatic heterocycles. The molecule has 0 fully saturated rings. The predicted molar refractivity (Wildman–Crippen MR) is 154 cm³/mol. The summed E-state index contributed by atoms with van der Waals surface area (Å²) in [6.45, 7) is 0.226. The molecule has 14 heteroatoms. The highest BCUT2D eigenvalue weighted by atomic mass is 16.5. The number of aromatic hydroxyl groups is 2. The lowest BCUT2D eigenvalue weighted by Gasteiger charge is -2.17. The van der Waals surface area contributed by atoms with Gasteiger partial charge < -0.3 is 46.3 Å². The summed E-state index contributed by atoms with van der Waals surface area (Å²) in [5, 5.41) is 60.5. The number of imidazole rings is 1. The Balaban J connectivity index is 1.86. The van der Waals surface area contributed by atoms with Crippen molar-refractivity contribution < 1.29 is 44.7 Å². The van der Waals surface area contributed by atoms with Crippen LogP contribution in [0.1, 0.15) is 33.8 Å². The lowest BCUT2D eigenvalue weighted by Crippen LogP contribution is -2.27. The summed E-state index contributed by atoms with van der Waals surface area (Å²) in [6, 6.07) is 11.2. The van der Waals surface area contributed by atoms with Crippen molar-refractivity contribution >= 4 is 34.7 Å². The number of amides is 1. The first-order chi connectivity index (χ1) is 20.5. The quantitative estimate of drug-likeness (QED) is 0.0617. The number of aromatic amines is 1. The van der Waals surface area contributed by atoms with Crippen LogP contribution in [0.4, 0.5) is 0 Å². The minimum atomic E-state index is -1.53. The van der Waals surface area contributed by atoms with E-state index >= 15 is 0 Å². The second kappa shape index (κ2) is 13.0. The minimum absolute atomic E-state index is 0.000000426. The number of nitrogens with zero attached hydrogens (tertiary/aromatic N) is 1. The van der Waals surface area contributed by atoms with Crippen LogP contribution in [-0.2, 0) is 14.3 Å². The molecule has 0 spiro atoms. The summed E-state index contributed by atoms with van der Waals surface area (Å²) in [5.74, 6) is -5.73. The van der Waals surface area contributed by atoms with Crippen LogP contribution in [0.5, 0.6) is 11.5 Å². The molecule has 10 N–H and O–H groups in total. The van der Waals surface area contributed by atoms with E-state index in [1.54, 1.807) is 18.2 Å². The smallest absolute Gasteiger partial charge is 0.311 e. The number of nitrogen functional groups attached to an aromatic ring is 1. The summed E-state index contributed by atoms with van der Waals surface area (Å²) < 4.78 is 5.12. The summed E-state index contributed by atoms with van der Waals surface area (Å²) in [6.07, 6.45) is -0.770. The zero-order valence-corrected chi connectivity index (χ0v) is 22.6. The molecule has 4 rings (SSSR count). The van der Waals surface area contributed by atoms with Gasteiger partial charge in [-0.15, -0.1) is 0 Å². The maximum Gasteiger partial charge on any atom is 0.311 e. The van der Waals surface area contributed by atoms with Gasteiger partial charge in [0, 0.05) is 28.8 Å². The van der Waals surface area contributed by atoms with Crippen molar-refractivity contribution in [3.63, 3.8) is 0 Å². The van der Waals surface area contributed by atoms with Crippen LogP contribution in [0.25, 0.3) is 33.5 Å². The molecule has 1 atom stereocenters. The summed E-state index contributed by atoms with van der Waals surface area (Å²) in [5.41, 5.74) is 6.87. The van der Waals surface area contributed by atoms with E-state index in [1.165, 1.54) is 30.3 Å². The minimum Gasteiger partial charge on any atom is -0.507 e. The number of aromatic nitrogens is 2. The molecule has 0 bridgehead atoms. The van der Waals surface area contributed by atoms with E-state index in [2.05, 4.69) is 15.3 Å². The van der Waals surface area contributed by atoms with Crippen LogP contribution in [0, 0.1) is 5.41 Å². The van der Waals surface area contributed by atoms with E-state index in [0.717, 1.165) is 0 Å². The summed E-state index contributed by atoms with van der Waals surface area (Å²) in [4.78, 5) is 43.9. The van der Waals surface area contributed by atoms with E-state index < -0.39 is 35.9 Å². The fourth-order valence-electron chi connectivity index (χ4n) is 4.47. The number of hydrogen-bond acceptors (Lipinski definition) is 9. The third-order valence-corrected chi connectivity index (χ3v) is 6.58. The van der Waals surface area contributed by atoms with Crippen molar-refractivity contribution in [3.8, 4) is 34.0 Å².